The predicted molar refractivity (Wildman–Crippen MR) is 139 cm³/mol. The number of aliphatic hydroxyl groups is 1. The molecule has 0 aliphatic heterocycles. The van der Waals surface area contributed by atoms with Gasteiger partial charge in [-0.3, -0.25) is 0 Å². The number of nitrogens with one attached hydrogen (secondary N) is 1. The molecule has 4 N–H and O–H groups in total. The molecule has 3 nitrogen and oxygen atoms in total. The third kappa shape index (κ3) is 6.73. The van der Waals surface area contributed by atoms with Crippen LogP contribution in [-0.4, -0.2) is 24.8 Å². The molecule has 0 spiro atoms. The summed E-state index contributed by atoms with van der Waals surface area (Å²) >= 11 is 1.76. The number of anilines is 1. The maximum Gasteiger partial charge on any atom is 0.416 e. The molecule has 0 aliphatic carbocycles. The van der Waals surface area contributed by atoms with E-state index in [0.717, 1.165) is 52.7 Å². The topological polar surface area (TPSA) is 62.0 Å². The zero-order valence-electron chi connectivity index (χ0n) is 19.7. The van der Waals surface area contributed by atoms with E-state index >= 15 is 0 Å². The number of nitrogens with two attached hydrogens (primary N) is 1. The van der Waals surface area contributed by atoms with Crippen LogP contribution >= 0.6 is 22.6 Å². The van der Waals surface area contributed by atoms with Gasteiger partial charge in [0.1, 0.15) is 8.07 Å². The van der Waals surface area contributed by atoms with Crippen LogP contribution in [0, 0.1) is 3.57 Å². The van der Waals surface area contributed by atoms with Crippen molar-refractivity contribution >= 4 is 52.6 Å². The Morgan fingerprint density at radius 2 is 1.40 bits per heavy atom. The molecule has 0 atom stereocenters. The molecule has 0 bridgehead atoms. The van der Waals surface area contributed by atoms with Crippen molar-refractivity contribution in [2.75, 3.05) is 12.3 Å². The molecule has 2 aromatic carbocycles. The van der Waals surface area contributed by atoms with E-state index in [1.807, 2.05) is 0 Å². The monoisotopic (exact) mass is 630 g/mol. The van der Waals surface area contributed by atoms with E-state index in [9.17, 15) is 31.4 Å². The third-order valence-electron chi connectivity index (χ3n) is 6.48. The first-order chi connectivity index (χ1) is 16.2. The van der Waals surface area contributed by atoms with Gasteiger partial charge in [0.15, 0.2) is 0 Å². The number of hydrogen-bond donors (Lipinski definition) is 3. The van der Waals surface area contributed by atoms with Gasteiger partial charge >= 0.3 is 12.4 Å². The van der Waals surface area contributed by atoms with Gasteiger partial charge in [0, 0.05) is 32.1 Å². The number of nitrogen functional groups attached to an aromatic ring is 1. The van der Waals surface area contributed by atoms with Crippen LogP contribution in [0.1, 0.15) is 37.5 Å². The Bertz CT molecular complexity index is 1130. The van der Waals surface area contributed by atoms with Crippen molar-refractivity contribution in [3.63, 3.8) is 0 Å². The summed E-state index contributed by atoms with van der Waals surface area (Å²) in [7, 11) is -1.77. The molecule has 1 heterocycles. The van der Waals surface area contributed by atoms with Crippen LogP contribution in [0.15, 0.2) is 36.4 Å². The molecule has 0 saturated carbocycles. The van der Waals surface area contributed by atoms with Crippen LogP contribution < -0.4 is 11.1 Å². The molecular formula is C24H29F6IN2OSi. The van der Waals surface area contributed by atoms with Gasteiger partial charge < -0.3 is 15.8 Å². The molecule has 0 saturated heterocycles. The first kappa shape index (κ1) is 29.5. The minimum atomic E-state index is -4.35. The standard InChI is InChI=1S/C17H24F3NOSi.C7H5F3IN/c1-4-23(5-2,6-3)16-13(9-10-22)14-11-12(17(18,19)20)7-8-15(14)21-16;8-7(9,10)4-1-2-6(12)5(11)3-4/h7-8,11,21-22H,4-6,9-10H2,1-3H3;1-3H,12H2. The number of alkyl halides is 6. The Morgan fingerprint density at radius 3 is 1.86 bits per heavy atom. The van der Waals surface area contributed by atoms with Crippen LogP contribution in [0.25, 0.3) is 10.9 Å². The molecule has 194 valence electrons. The molecule has 0 unspecified atom stereocenters. The Morgan fingerprint density at radius 1 is 0.886 bits per heavy atom. The van der Waals surface area contributed by atoms with Crippen molar-refractivity contribution in [2.24, 2.45) is 0 Å². The van der Waals surface area contributed by atoms with Gasteiger partial charge in [0.25, 0.3) is 0 Å². The number of benzene rings is 2. The van der Waals surface area contributed by atoms with Crippen molar-refractivity contribution in [2.45, 2.75) is 57.7 Å². The van der Waals surface area contributed by atoms with E-state index in [2.05, 4.69) is 25.8 Å². The summed E-state index contributed by atoms with van der Waals surface area (Å²) in [6, 6.07) is 10.2. The van der Waals surface area contributed by atoms with Crippen molar-refractivity contribution in [1.82, 2.24) is 4.98 Å². The lowest BCUT2D eigenvalue weighted by molar-refractivity contribution is -0.138. The van der Waals surface area contributed by atoms with E-state index in [-0.39, 0.29) is 6.61 Å². The van der Waals surface area contributed by atoms with E-state index in [1.165, 1.54) is 18.2 Å². The number of H-pyrrole nitrogens is 1. The fourth-order valence-electron chi connectivity index (χ4n) is 4.23. The van der Waals surface area contributed by atoms with Gasteiger partial charge in [0.05, 0.1) is 11.1 Å². The predicted octanol–water partition coefficient (Wildman–Crippen LogP) is 7.33. The van der Waals surface area contributed by atoms with Crippen LogP contribution in [-0.2, 0) is 18.8 Å². The fourth-order valence-corrected chi connectivity index (χ4v) is 8.61. The number of aliphatic hydroxyl groups excluding tert-OH is 1. The highest BCUT2D eigenvalue weighted by atomic mass is 127. The number of aromatic amines is 1. The molecule has 3 rings (SSSR count). The molecule has 11 heteroatoms. The second kappa shape index (κ2) is 11.5. The summed E-state index contributed by atoms with van der Waals surface area (Å²) in [6.45, 7) is 6.43. The Labute approximate surface area is 215 Å². The first-order valence-electron chi connectivity index (χ1n) is 11.2. The van der Waals surface area contributed by atoms with Crippen molar-refractivity contribution in [3.8, 4) is 0 Å². The highest BCUT2D eigenvalue weighted by molar-refractivity contribution is 14.1. The second-order valence-electron chi connectivity index (χ2n) is 8.29. The van der Waals surface area contributed by atoms with Gasteiger partial charge in [-0.25, -0.2) is 0 Å². The summed E-state index contributed by atoms with van der Waals surface area (Å²) in [4.78, 5) is 3.40. The zero-order valence-corrected chi connectivity index (χ0v) is 22.8. The normalized spacial score (nSPS) is 12.5. The van der Waals surface area contributed by atoms with Gasteiger partial charge in [-0.2, -0.15) is 26.3 Å². The highest BCUT2D eigenvalue weighted by Gasteiger charge is 2.35. The van der Waals surface area contributed by atoms with Crippen LogP contribution in [0.5, 0.6) is 0 Å². The molecule has 0 radical (unpaired) electrons. The summed E-state index contributed by atoms with van der Waals surface area (Å²) in [5, 5.41) is 11.1. The van der Waals surface area contributed by atoms with Crippen LogP contribution in [0.3, 0.4) is 0 Å². The Kier molecular flexibility index (Phi) is 9.73. The molecule has 35 heavy (non-hydrogen) atoms. The molecular weight excluding hydrogens is 601 g/mol. The average Bonchev–Trinajstić information content (AvgIpc) is 3.15. The van der Waals surface area contributed by atoms with E-state index in [4.69, 9.17) is 5.73 Å². The number of hydrogen-bond acceptors (Lipinski definition) is 2. The Hall–Kier alpha value is -1.73. The summed E-state index contributed by atoms with van der Waals surface area (Å²) in [5.41, 5.74) is 6.04. The van der Waals surface area contributed by atoms with Crippen molar-refractivity contribution in [3.05, 3.63) is 56.7 Å². The minimum Gasteiger partial charge on any atom is -0.398 e. The largest absolute Gasteiger partial charge is 0.416 e. The van der Waals surface area contributed by atoms with Gasteiger partial charge in [-0.15, -0.1) is 0 Å². The lowest BCUT2D eigenvalue weighted by atomic mass is 10.1. The maximum atomic E-state index is 13.0. The summed E-state index contributed by atoms with van der Waals surface area (Å²) in [6.07, 6.45) is -8.24. The second-order valence-corrected chi connectivity index (χ2v) is 14.6. The van der Waals surface area contributed by atoms with Gasteiger partial charge in [-0.1, -0.05) is 38.9 Å². The summed E-state index contributed by atoms with van der Waals surface area (Å²) in [5.74, 6) is 0. The van der Waals surface area contributed by atoms with Crippen molar-refractivity contribution < 1.29 is 31.4 Å². The molecule has 3 aromatic rings. The fraction of sp³-hybridized carbons (Fsp3) is 0.417. The maximum absolute atomic E-state index is 13.0. The minimum absolute atomic E-state index is 0.0577. The van der Waals surface area contributed by atoms with Crippen molar-refractivity contribution in [1.29, 1.82) is 0 Å². The third-order valence-corrected chi connectivity index (χ3v) is 13.0. The van der Waals surface area contributed by atoms with E-state index < -0.39 is 31.6 Å². The molecule has 1 aromatic heterocycles. The first-order valence-corrected chi connectivity index (χ1v) is 14.9. The van der Waals surface area contributed by atoms with Crippen LogP contribution in [0.4, 0.5) is 32.0 Å². The molecule has 0 aliphatic rings. The lowest BCUT2D eigenvalue weighted by Crippen LogP contribution is -2.48. The highest BCUT2D eigenvalue weighted by Crippen LogP contribution is 2.34. The number of fused-ring (bicyclic) bond motifs is 1. The molecule has 0 amide bonds. The number of halogens is 7. The van der Waals surface area contributed by atoms with E-state index in [0.29, 0.717) is 21.1 Å². The molecule has 0 fully saturated rings. The smallest absolute Gasteiger partial charge is 0.398 e. The Balaban J connectivity index is 0.000000303. The van der Waals surface area contributed by atoms with Crippen LogP contribution in [0.2, 0.25) is 18.1 Å². The SMILES string of the molecule is CC[Si](CC)(CC)c1[nH]c2ccc(C(F)(F)F)cc2c1CCO.Nc1ccc(C(F)(F)F)cc1I. The zero-order chi connectivity index (χ0) is 26.6. The lowest BCUT2D eigenvalue weighted by Gasteiger charge is -2.28. The number of aromatic nitrogens is 1. The quantitative estimate of drug-likeness (QED) is 0.116. The van der Waals surface area contributed by atoms with E-state index in [1.54, 1.807) is 22.6 Å². The average molecular weight is 630 g/mol. The number of rotatable bonds is 6. The van der Waals surface area contributed by atoms with Gasteiger partial charge in [0.2, 0.25) is 0 Å². The van der Waals surface area contributed by atoms with Gasteiger partial charge in [-0.05, 0) is 71.0 Å². The summed E-state index contributed by atoms with van der Waals surface area (Å²) < 4.78 is 75.7.